The van der Waals surface area contributed by atoms with E-state index in [1.807, 2.05) is 30.3 Å². The first-order valence-electron chi connectivity index (χ1n) is 7.35. The summed E-state index contributed by atoms with van der Waals surface area (Å²) in [5.74, 6) is 1.49. The van der Waals surface area contributed by atoms with Gasteiger partial charge in [-0.15, -0.1) is 0 Å². The fourth-order valence-electron chi connectivity index (χ4n) is 2.74. The molecule has 1 aliphatic rings. The van der Waals surface area contributed by atoms with Crippen molar-refractivity contribution < 1.29 is 9.21 Å². The normalized spacial score (nSPS) is 17.9. The second-order valence-corrected chi connectivity index (χ2v) is 5.47. The van der Waals surface area contributed by atoms with Gasteiger partial charge in [-0.05, 0) is 43.3 Å². The average molecular weight is 296 g/mol. The molecule has 0 aliphatic carbocycles. The molecule has 2 aromatic heterocycles. The van der Waals surface area contributed by atoms with E-state index in [4.69, 9.17) is 4.42 Å². The molecule has 1 atom stereocenters. The van der Waals surface area contributed by atoms with Gasteiger partial charge in [-0.3, -0.25) is 4.79 Å². The Morgan fingerprint density at radius 1 is 1.36 bits per heavy atom. The highest BCUT2D eigenvalue weighted by atomic mass is 16.3. The van der Waals surface area contributed by atoms with Crippen LogP contribution in [0.3, 0.4) is 0 Å². The van der Waals surface area contributed by atoms with E-state index in [1.165, 1.54) is 0 Å². The predicted molar refractivity (Wildman–Crippen MR) is 83.4 cm³/mol. The number of rotatable bonds is 3. The molecule has 3 N–H and O–H groups in total. The highest BCUT2D eigenvalue weighted by Crippen LogP contribution is 2.23. The summed E-state index contributed by atoms with van der Waals surface area (Å²) < 4.78 is 5.34. The number of fused-ring (bicyclic) bond motifs is 1. The Labute approximate surface area is 126 Å². The number of aromatic nitrogens is 2. The Balaban J connectivity index is 1.59. The molecule has 1 fully saturated rings. The Hall–Kier alpha value is -2.60. The Kier molecular flexibility index (Phi) is 3.16. The first-order chi connectivity index (χ1) is 10.8. The second-order valence-electron chi connectivity index (χ2n) is 5.47. The minimum absolute atomic E-state index is 0.0520. The van der Waals surface area contributed by atoms with Crippen LogP contribution in [0.1, 0.15) is 6.42 Å². The van der Waals surface area contributed by atoms with Gasteiger partial charge in [0, 0.05) is 12.2 Å². The van der Waals surface area contributed by atoms with Crippen LogP contribution in [-0.2, 0) is 4.79 Å². The molecule has 22 heavy (non-hydrogen) atoms. The molecule has 1 aromatic carbocycles. The molecule has 0 spiro atoms. The number of carbonyl (C=O) groups is 1. The molecule has 3 heterocycles. The molecule has 0 bridgehead atoms. The molecule has 0 radical (unpaired) electrons. The lowest BCUT2D eigenvalue weighted by atomic mass is 10.1. The maximum Gasteiger partial charge on any atom is 0.228 e. The van der Waals surface area contributed by atoms with Crippen LogP contribution in [0.5, 0.6) is 0 Å². The summed E-state index contributed by atoms with van der Waals surface area (Å²) in [6.07, 6.45) is 2.50. The Morgan fingerprint density at radius 2 is 2.32 bits per heavy atom. The lowest BCUT2D eigenvalue weighted by molar-refractivity contribution is -0.119. The van der Waals surface area contributed by atoms with E-state index in [-0.39, 0.29) is 11.8 Å². The summed E-state index contributed by atoms with van der Waals surface area (Å²) in [6.45, 7) is 1.66. The number of amides is 1. The van der Waals surface area contributed by atoms with Crippen molar-refractivity contribution in [2.45, 2.75) is 6.42 Å². The van der Waals surface area contributed by atoms with E-state index in [0.29, 0.717) is 11.6 Å². The van der Waals surface area contributed by atoms with Gasteiger partial charge >= 0.3 is 0 Å². The van der Waals surface area contributed by atoms with Gasteiger partial charge in [0.1, 0.15) is 0 Å². The van der Waals surface area contributed by atoms with Crippen LogP contribution in [0.2, 0.25) is 0 Å². The third-order valence-electron chi connectivity index (χ3n) is 3.94. The van der Waals surface area contributed by atoms with Crippen molar-refractivity contribution in [3.8, 4) is 11.6 Å². The van der Waals surface area contributed by atoms with E-state index in [1.54, 1.807) is 6.26 Å². The number of hydrogen-bond acceptors (Lipinski definition) is 4. The van der Waals surface area contributed by atoms with Crippen molar-refractivity contribution in [1.29, 1.82) is 0 Å². The van der Waals surface area contributed by atoms with Crippen LogP contribution in [0, 0.1) is 5.92 Å². The van der Waals surface area contributed by atoms with Crippen molar-refractivity contribution in [2.75, 3.05) is 18.4 Å². The first-order valence-corrected chi connectivity index (χ1v) is 7.35. The van der Waals surface area contributed by atoms with Gasteiger partial charge in [-0.2, -0.15) is 0 Å². The van der Waals surface area contributed by atoms with Crippen molar-refractivity contribution >= 4 is 22.6 Å². The van der Waals surface area contributed by atoms with E-state index in [0.717, 1.165) is 36.2 Å². The summed E-state index contributed by atoms with van der Waals surface area (Å²) in [5, 5.41) is 6.17. The molecule has 0 saturated carbocycles. The van der Waals surface area contributed by atoms with Crippen molar-refractivity contribution in [2.24, 2.45) is 5.92 Å². The van der Waals surface area contributed by atoms with Crippen LogP contribution < -0.4 is 10.6 Å². The zero-order chi connectivity index (χ0) is 14.9. The largest absolute Gasteiger partial charge is 0.461 e. The second kappa shape index (κ2) is 5.31. The maximum absolute atomic E-state index is 12.2. The smallest absolute Gasteiger partial charge is 0.228 e. The topological polar surface area (TPSA) is 83.0 Å². The summed E-state index contributed by atoms with van der Waals surface area (Å²) >= 11 is 0. The van der Waals surface area contributed by atoms with Crippen LogP contribution >= 0.6 is 0 Å². The lowest BCUT2D eigenvalue weighted by Gasteiger charge is -2.09. The van der Waals surface area contributed by atoms with Crippen LogP contribution in [0.15, 0.2) is 41.0 Å². The molecule has 3 aromatic rings. The predicted octanol–water partition coefficient (Wildman–Crippen LogP) is 2.37. The quantitative estimate of drug-likeness (QED) is 0.693. The van der Waals surface area contributed by atoms with Gasteiger partial charge in [0.05, 0.1) is 23.2 Å². The standard InChI is InChI=1S/C16H16N4O2/c21-16(10-5-6-17-9-10)18-11-3-4-12-13(8-11)20-15(19-12)14-2-1-7-22-14/h1-4,7-8,10,17H,5-6,9H2,(H,18,21)(H,19,20). The zero-order valence-electron chi connectivity index (χ0n) is 11.9. The van der Waals surface area contributed by atoms with Gasteiger partial charge < -0.3 is 20.0 Å². The van der Waals surface area contributed by atoms with Gasteiger partial charge in [-0.25, -0.2) is 4.98 Å². The Bertz CT molecular complexity index is 801. The van der Waals surface area contributed by atoms with E-state index in [9.17, 15) is 4.79 Å². The number of H-pyrrole nitrogens is 1. The number of imidazole rings is 1. The van der Waals surface area contributed by atoms with Crippen molar-refractivity contribution in [1.82, 2.24) is 15.3 Å². The van der Waals surface area contributed by atoms with Crippen LogP contribution in [0.4, 0.5) is 5.69 Å². The van der Waals surface area contributed by atoms with Gasteiger partial charge in [0.15, 0.2) is 11.6 Å². The number of benzene rings is 1. The van der Waals surface area contributed by atoms with Gasteiger partial charge in [-0.1, -0.05) is 0 Å². The molecule has 4 rings (SSSR count). The molecule has 112 valence electrons. The number of aromatic amines is 1. The first kappa shape index (κ1) is 13.1. The third-order valence-corrected chi connectivity index (χ3v) is 3.94. The zero-order valence-corrected chi connectivity index (χ0v) is 11.9. The molecule has 1 unspecified atom stereocenters. The molecular weight excluding hydrogens is 280 g/mol. The highest BCUT2D eigenvalue weighted by Gasteiger charge is 2.22. The average Bonchev–Trinajstić information content (AvgIpc) is 3.26. The molecule has 1 saturated heterocycles. The molecule has 6 nitrogen and oxygen atoms in total. The number of nitrogens with one attached hydrogen (secondary N) is 3. The Morgan fingerprint density at radius 3 is 3.09 bits per heavy atom. The summed E-state index contributed by atoms with van der Waals surface area (Å²) in [5.41, 5.74) is 2.49. The highest BCUT2D eigenvalue weighted by molar-refractivity contribution is 5.95. The monoisotopic (exact) mass is 296 g/mol. The minimum atomic E-state index is 0.0520. The summed E-state index contributed by atoms with van der Waals surface area (Å²) in [6, 6.07) is 9.34. The van der Waals surface area contributed by atoms with Gasteiger partial charge in [0.2, 0.25) is 5.91 Å². The van der Waals surface area contributed by atoms with E-state index < -0.39 is 0 Å². The number of nitrogens with zero attached hydrogens (tertiary/aromatic N) is 1. The molecule has 6 heteroatoms. The van der Waals surface area contributed by atoms with Crippen molar-refractivity contribution in [3.63, 3.8) is 0 Å². The van der Waals surface area contributed by atoms with Crippen LogP contribution in [-0.4, -0.2) is 29.0 Å². The van der Waals surface area contributed by atoms with Crippen LogP contribution in [0.25, 0.3) is 22.6 Å². The summed E-state index contributed by atoms with van der Waals surface area (Å²) in [7, 11) is 0. The number of furan rings is 1. The SMILES string of the molecule is O=C(Nc1ccc2nc(-c3ccco3)[nH]c2c1)C1CCNC1. The number of hydrogen-bond donors (Lipinski definition) is 3. The van der Waals surface area contributed by atoms with E-state index in [2.05, 4.69) is 20.6 Å². The molecule has 1 aliphatic heterocycles. The maximum atomic E-state index is 12.2. The fourth-order valence-corrected chi connectivity index (χ4v) is 2.74. The molecular formula is C16H16N4O2. The lowest BCUT2D eigenvalue weighted by Crippen LogP contribution is -2.24. The number of anilines is 1. The van der Waals surface area contributed by atoms with E-state index >= 15 is 0 Å². The summed E-state index contributed by atoms with van der Waals surface area (Å²) in [4.78, 5) is 19.8. The third kappa shape index (κ3) is 2.37. The molecule has 1 amide bonds. The van der Waals surface area contributed by atoms with Crippen molar-refractivity contribution in [3.05, 3.63) is 36.6 Å². The number of carbonyl (C=O) groups excluding carboxylic acids is 1. The van der Waals surface area contributed by atoms with Gasteiger partial charge in [0.25, 0.3) is 0 Å². The fraction of sp³-hybridized carbons (Fsp3) is 0.250. The minimum Gasteiger partial charge on any atom is -0.461 e.